The summed E-state index contributed by atoms with van der Waals surface area (Å²) in [6, 6.07) is 10.3. The van der Waals surface area contributed by atoms with Crippen LogP contribution in [0.2, 0.25) is 0 Å². The van der Waals surface area contributed by atoms with Crippen molar-refractivity contribution in [1.82, 2.24) is 14.9 Å². The molecule has 5 heteroatoms. The molecule has 1 aliphatic heterocycles. The summed E-state index contributed by atoms with van der Waals surface area (Å²) < 4.78 is 5.82. The maximum atomic E-state index is 13.1. The molecule has 1 N–H and O–H groups in total. The van der Waals surface area contributed by atoms with E-state index in [0.717, 1.165) is 54.6 Å². The molecule has 0 saturated carbocycles. The summed E-state index contributed by atoms with van der Waals surface area (Å²) in [4.78, 5) is 23.0. The molecule has 0 radical (unpaired) electrons. The highest BCUT2D eigenvalue weighted by Gasteiger charge is 2.32. The Morgan fingerprint density at radius 2 is 1.93 bits per heavy atom. The lowest BCUT2D eigenvalue weighted by atomic mass is 9.74. The monoisotopic (exact) mass is 405 g/mol. The van der Waals surface area contributed by atoms with Gasteiger partial charge in [0.1, 0.15) is 6.10 Å². The zero-order valence-corrected chi connectivity index (χ0v) is 18.4. The summed E-state index contributed by atoms with van der Waals surface area (Å²) in [7, 11) is 0. The van der Waals surface area contributed by atoms with Gasteiger partial charge in [-0.05, 0) is 87.1 Å². The number of piperidine rings is 1. The van der Waals surface area contributed by atoms with Crippen molar-refractivity contribution < 1.29 is 9.53 Å². The number of aryl methyl sites for hydroxylation is 1. The van der Waals surface area contributed by atoms with Crippen molar-refractivity contribution in [3.05, 3.63) is 65.1 Å². The van der Waals surface area contributed by atoms with Crippen molar-refractivity contribution in [2.45, 2.75) is 52.1 Å². The van der Waals surface area contributed by atoms with E-state index in [1.54, 1.807) is 12.4 Å². The first-order chi connectivity index (χ1) is 14.4. The van der Waals surface area contributed by atoms with Crippen molar-refractivity contribution in [3.63, 3.8) is 0 Å². The minimum atomic E-state index is -0.330. The summed E-state index contributed by atoms with van der Waals surface area (Å²) in [5, 5.41) is 0.955. The average molecular weight is 406 g/mol. The molecule has 1 aromatic carbocycles. The molecule has 1 atom stereocenters. The SMILES string of the molecule is CCN1CCC(C)(c2ccc3[nH]c(C)c(C(=O)O[C@@H](C)c4ccncc4)c3c2)CC1. The summed E-state index contributed by atoms with van der Waals surface area (Å²) >= 11 is 0. The number of benzene rings is 1. The first-order valence-corrected chi connectivity index (χ1v) is 10.9. The zero-order valence-electron chi connectivity index (χ0n) is 18.4. The van der Waals surface area contributed by atoms with E-state index >= 15 is 0 Å². The van der Waals surface area contributed by atoms with Gasteiger partial charge in [0, 0.05) is 29.0 Å². The van der Waals surface area contributed by atoms with Gasteiger partial charge in [-0.1, -0.05) is 19.9 Å². The van der Waals surface area contributed by atoms with Crippen LogP contribution in [0.15, 0.2) is 42.7 Å². The van der Waals surface area contributed by atoms with Gasteiger partial charge in [0.15, 0.2) is 0 Å². The Balaban J connectivity index is 1.63. The Bertz CT molecular complexity index is 1030. The number of fused-ring (bicyclic) bond motifs is 1. The number of likely N-dealkylation sites (tertiary alicyclic amines) is 1. The molecule has 30 heavy (non-hydrogen) atoms. The van der Waals surface area contributed by atoms with E-state index < -0.39 is 0 Å². The van der Waals surface area contributed by atoms with Gasteiger partial charge in [-0.2, -0.15) is 0 Å². The van der Waals surface area contributed by atoms with Crippen LogP contribution in [0.1, 0.15) is 66.9 Å². The Morgan fingerprint density at radius 1 is 1.23 bits per heavy atom. The molecule has 0 bridgehead atoms. The molecular weight excluding hydrogens is 374 g/mol. The topological polar surface area (TPSA) is 58.2 Å². The number of carbonyl (C=O) groups is 1. The summed E-state index contributed by atoms with van der Waals surface area (Å²) in [5.74, 6) is -0.286. The van der Waals surface area contributed by atoms with Crippen molar-refractivity contribution in [2.75, 3.05) is 19.6 Å². The Hall–Kier alpha value is -2.66. The highest BCUT2D eigenvalue weighted by molar-refractivity contribution is 6.05. The van der Waals surface area contributed by atoms with Crippen LogP contribution < -0.4 is 0 Å². The molecule has 3 heterocycles. The fraction of sp³-hybridized carbons (Fsp3) is 0.440. The quantitative estimate of drug-likeness (QED) is 0.596. The number of rotatable bonds is 5. The summed E-state index contributed by atoms with van der Waals surface area (Å²) in [5.41, 5.74) is 4.85. The average Bonchev–Trinajstić information content (AvgIpc) is 3.10. The van der Waals surface area contributed by atoms with Crippen LogP contribution in [0.3, 0.4) is 0 Å². The number of hydrogen-bond donors (Lipinski definition) is 1. The first-order valence-electron chi connectivity index (χ1n) is 10.9. The van der Waals surface area contributed by atoms with Gasteiger partial charge in [0.05, 0.1) is 5.56 Å². The Morgan fingerprint density at radius 3 is 2.60 bits per heavy atom. The third-order valence-electron chi connectivity index (χ3n) is 6.75. The molecule has 4 rings (SSSR count). The predicted molar refractivity (Wildman–Crippen MR) is 120 cm³/mol. The first kappa shape index (κ1) is 20.6. The number of esters is 1. The maximum Gasteiger partial charge on any atom is 0.341 e. The molecule has 1 fully saturated rings. The van der Waals surface area contributed by atoms with Crippen LogP contribution in [-0.4, -0.2) is 40.5 Å². The van der Waals surface area contributed by atoms with Crippen molar-refractivity contribution in [3.8, 4) is 0 Å². The van der Waals surface area contributed by atoms with Crippen LogP contribution in [0.25, 0.3) is 10.9 Å². The van der Waals surface area contributed by atoms with Gasteiger partial charge in [0.25, 0.3) is 0 Å². The van der Waals surface area contributed by atoms with E-state index in [1.165, 1.54) is 5.56 Å². The van der Waals surface area contributed by atoms with Gasteiger partial charge in [0.2, 0.25) is 0 Å². The number of H-pyrrole nitrogens is 1. The lowest BCUT2D eigenvalue weighted by molar-refractivity contribution is 0.0339. The Kier molecular flexibility index (Phi) is 5.65. The van der Waals surface area contributed by atoms with Gasteiger partial charge in [-0.25, -0.2) is 4.79 Å². The number of pyridine rings is 1. The summed E-state index contributed by atoms with van der Waals surface area (Å²) in [6.45, 7) is 11.8. The number of aromatic amines is 1. The number of carbonyl (C=O) groups excluding carboxylic acids is 1. The largest absolute Gasteiger partial charge is 0.454 e. The molecule has 0 amide bonds. The lowest BCUT2D eigenvalue weighted by Gasteiger charge is -2.39. The number of nitrogens with zero attached hydrogens (tertiary/aromatic N) is 2. The molecule has 0 unspecified atom stereocenters. The normalized spacial score (nSPS) is 17.7. The lowest BCUT2D eigenvalue weighted by Crippen LogP contribution is -2.40. The minimum absolute atomic E-state index is 0.135. The van der Waals surface area contributed by atoms with Crippen molar-refractivity contribution >= 4 is 16.9 Å². The number of aromatic nitrogens is 2. The second-order valence-corrected chi connectivity index (χ2v) is 8.71. The zero-order chi connectivity index (χ0) is 21.3. The molecule has 1 aliphatic rings. The highest BCUT2D eigenvalue weighted by atomic mass is 16.5. The maximum absolute atomic E-state index is 13.1. The fourth-order valence-corrected chi connectivity index (χ4v) is 4.54. The smallest absolute Gasteiger partial charge is 0.341 e. The van der Waals surface area contributed by atoms with Crippen LogP contribution in [0.4, 0.5) is 0 Å². The molecule has 3 aromatic rings. The molecule has 0 aliphatic carbocycles. The van der Waals surface area contributed by atoms with Crippen LogP contribution in [0, 0.1) is 6.92 Å². The second kappa shape index (κ2) is 8.23. The van der Waals surface area contributed by atoms with Crippen LogP contribution in [-0.2, 0) is 10.2 Å². The van der Waals surface area contributed by atoms with Gasteiger partial charge >= 0.3 is 5.97 Å². The van der Waals surface area contributed by atoms with Crippen molar-refractivity contribution in [1.29, 1.82) is 0 Å². The van der Waals surface area contributed by atoms with Gasteiger partial charge < -0.3 is 14.6 Å². The van der Waals surface area contributed by atoms with E-state index in [0.29, 0.717) is 5.56 Å². The van der Waals surface area contributed by atoms with E-state index in [2.05, 4.69) is 46.9 Å². The van der Waals surface area contributed by atoms with Crippen LogP contribution >= 0.6 is 0 Å². The van der Waals surface area contributed by atoms with Crippen LogP contribution in [0.5, 0.6) is 0 Å². The predicted octanol–water partition coefficient (Wildman–Crippen LogP) is 5.16. The van der Waals surface area contributed by atoms with E-state index in [1.807, 2.05) is 26.0 Å². The van der Waals surface area contributed by atoms with Crippen molar-refractivity contribution in [2.24, 2.45) is 0 Å². The molecule has 2 aromatic heterocycles. The molecule has 5 nitrogen and oxygen atoms in total. The highest BCUT2D eigenvalue weighted by Crippen LogP contribution is 2.37. The standard InChI is InChI=1S/C25H31N3O2/c1-5-28-14-10-25(4,11-15-28)20-6-7-22-21(16-20)23(17(2)27-22)24(29)30-18(3)19-8-12-26-13-9-19/h6-9,12-13,16,18,27H,5,10-11,14-15H2,1-4H3/t18-/m0/s1. The minimum Gasteiger partial charge on any atom is -0.454 e. The molecule has 158 valence electrons. The third-order valence-corrected chi connectivity index (χ3v) is 6.75. The molecular formula is C25H31N3O2. The molecule has 0 spiro atoms. The number of hydrogen-bond acceptors (Lipinski definition) is 4. The van der Waals surface area contributed by atoms with Gasteiger partial charge in [-0.15, -0.1) is 0 Å². The fourth-order valence-electron chi connectivity index (χ4n) is 4.54. The second-order valence-electron chi connectivity index (χ2n) is 8.71. The molecule has 1 saturated heterocycles. The van der Waals surface area contributed by atoms with Gasteiger partial charge in [-0.3, -0.25) is 4.98 Å². The number of ether oxygens (including phenoxy) is 1. The Labute approximate surface area is 178 Å². The van der Waals surface area contributed by atoms with E-state index in [4.69, 9.17) is 4.74 Å². The summed E-state index contributed by atoms with van der Waals surface area (Å²) in [6.07, 6.45) is 5.37. The number of nitrogens with one attached hydrogen (secondary N) is 1. The van der Waals surface area contributed by atoms with E-state index in [9.17, 15) is 4.79 Å². The third kappa shape index (κ3) is 3.86. The van der Waals surface area contributed by atoms with E-state index in [-0.39, 0.29) is 17.5 Å².